The van der Waals surface area contributed by atoms with Gasteiger partial charge in [-0.25, -0.2) is 0 Å². The molecule has 2 aromatic carbocycles. The minimum atomic E-state index is -0.442. The summed E-state index contributed by atoms with van der Waals surface area (Å²) in [5, 5.41) is 10.9. The van der Waals surface area contributed by atoms with Crippen LogP contribution in [0.5, 0.6) is 5.75 Å². The van der Waals surface area contributed by atoms with Crippen LogP contribution in [0.25, 0.3) is 0 Å². The third-order valence-electron chi connectivity index (χ3n) is 7.33. The summed E-state index contributed by atoms with van der Waals surface area (Å²) in [4.78, 5) is 0. The average Bonchev–Trinajstić information content (AvgIpc) is 3.28. The molecule has 0 aliphatic heterocycles. The largest absolute Gasteiger partial charge is 0.494 e. The van der Waals surface area contributed by atoms with Gasteiger partial charge >= 0.3 is 0 Å². The van der Waals surface area contributed by atoms with Crippen LogP contribution < -0.4 is 4.74 Å². The summed E-state index contributed by atoms with van der Waals surface area (Å²) in [7, 11) is 0. The van der Waals surface area contributed by atoms with Crippen LogP contribution in [-0.4, -0.2) is 23.9 Å². The monoisotopic (exact) mass is 444 g/mol. The zero-order valence-corrected chi connectivity index (χ0v) is 20.4. The number of aliphatic hydroxyl groups is 1. The van der Waals surface area contributed by atoms with Crippen LogP contribution in [0.3, 0.4) is 0 Å². The lowest BCUT2D eigenvalue weighted by molar-refractivity contribution is -0.101. The van der Waals surface area contributed by atoms with Gasteiger partial charge in [0, 0.05) is 5.02 Å². The Labute approximate surface area is 192 Å². The van der Waals surface area contributed by atoms with E-state index in [9.17, 15) is 5.11 Å². The van der Waals surface area contributed by atoms with Crippen molar-refractivity contribution >= 4 is 11.6 Å². The van der Waals surface area contributed by atoms with E-state index in [1.54, 1.807) is 0 Å². The van der Waals surface area contributed by atoms with Gasteiger partial charge in [-0.15, -0.1) is 0 Å². The second-order valence-electron chi connectivity index (χ2n) is 9.44. The van der Waals surface area contributed by atoms with Crippen LogP contribution in [0.2, 0.25) is 5.02 Å². The first-order valence-corrected chi connectivity index (χ1v) is 11.9. The molecule has 0 saturated heterocycles. The maximum atomic E-state index is 10.1. The topological polar surface area (TPSA) is 38.7 Å². The van der Waals surface area contributed by atoms with E-state index in [4.69, 9.17) is 21.1 Å². The van der Waals surface area contributed by atoms with Gasteiger partial charge in [0.05, 0.1) is 24.9 Å². The Bertz CT molecular complexity index is 853. The van der Waals surface area contributed by atoms with Crippen molar-refractivity contribution in [2.45, 2.75) is 59.7 Å². The number of hydrogen-bond acceptors (Lipinski definition) is 3. The highest BCUT2D eigenvalue weighted by atomic mass is 35.5. The molecule has 0 amide bonds. The van der Waals surface area contributed by atoms with Crippen molar-refractivity contribution < 1.29 is 14.6 Å². The van der Waals surface area contributed by atoms with Gasteiger partial charge in [0.15, 0.2) is 0 Å². The van der Waals surface area contributed by atoms with Crippen LogP contribution >= 0.6 is 11.6 Å². The number of rotatable bonds is 10. The van der Waals surface area contributed by atoms with Crippen molar-refractivity contribution in [2.24, 2.45) is 23.7 Å². The number of benzene rings is 2. The standard InChI is InChI=1S/C27H37ClO3/c1-7-30-24-11-8-21(9-12-24)14-23-15-22(10-13-25(23)28)26(18(4)17(2)3)31-27(16-29)19(5)20(27)6/h8-13,15,17-20,26,29H,7,14,16H2,1-6H3. The molecular formula is C27H37ClO3. The minimum Gasteiger partial charge on any atom is -0.494 e. The lowest BCUT2D eigenvalue weighted by Crippen LogP contribution is -2.30. The van der Waals surface area contributed by atoms with E-state index in [1.807, 2.05) is 25.1 Å². The van der Waals surface area contributed by atoms with E-state index in [0.29, 0.717) is 30.3 Å². The highest BCUT2D eigenvalue weighted by Gasteiger charge is 2.61. The molecule has 2 aromatic rings. The Balaban J connectivity index is 1.88. The fourth-order valence-electron chi connectivity index (χ4n) is 4.43. The molecule has 3 nitrogen and oxygen atoms in total. The van der Waals surface area contributed by atoms with E-state index in [2.05, 4.69) is 58.9 Å². The summed E-state index contributed by atoms with van der Waals surface area (Å²) >= 11 is 6.59. The first kappa shape index (κ1) is 24.1. The Hall–Kier alpha value is -1.55. The SMILES string of the molecule is CCOc1ccc(Cc2cc(C(OC3(CO)C(C)C3C)C(C)C(C)C)ccc2Cl)cc1. The van der Waals surface area contributed by atoms with Gasteiger partial charge in [0.1, 0.15) is 5.75 Å². The predicted molar refractivity (Wildman–Crippen MR) is 128 cm³/mol. The predicted octanol–water partition coefficient (Wildman–Crippen LogP) is 6.70. The van der Waals surface area contributed by atoms with Gasteiger partial charge in [-0.3, -0.25) is 0 Å². The molecule has 0 aromatic heterocycles. The maximum absolute atomic E-state index is 10.1. The summed E-state index contributed by atoms with van der Waals surface area (Å²) < 4.78 is 12.3. The van der Waals surface area contributed by atoms with Crippen molar-refractivity contribution in [3.8, 4) is 5.75 Å². The highest BCUT2D eigenvalue weighted by molar-refractivity contribution is 6.31. The van der Waals surface area contributed by atoms with E-state index < -0.39 is 5.60 Å². The third-order valence-corrected chi connectivity index (χ3v) is 7.70. The van der Waals surface area contributed by atoms with Crippen molar-refractivity contribution in [1.82, 2.24) is 0 Å². The summed E-state index contributed by atoms with van der Waals surface area (Å²) in [5.41, 5.74) is 2.96. The number of hydrogen-bond donors (Lipinski definition) is 1. The molecular weight excluding hydrogens is 408 g/mol. The van der Waals surface area contributed by atoms with E-state index in [1.165, 1.54) is 5.56 Å². The number of aliphatic hydroxyl groups excluding tert-OH is 1. The van der Waals surface area contributed by atoms with Crippen molar-refractivity contribution in [1.29, 1.82) is 0 Å². The van der Waals surface area contributed by atoms with Crippen LogP contribution in [0.4, 0.5) is 0 Å². The molecule has 1 aliphatic rings. The number of ether oxygens (including phenoxy) is 2. The minimum absolute atomic E-state index is 0.0588. The molecule has 4 atom stereocenters. The summed E-state index contributed by atoms with van der Waals surface area (Å²) in [5.74, 6) is 2.36. The molecule has 0 radical (unpaired) electrons. The lowest BCUT2D eigenvalue weighted by atomic mass is 9.86. The fraction of sp³-hybridized carbons (Fsp3) is 0.556. The van der Waals surface area contributed by atoms with Crippen molar-refractivity contribution in [3.63, 3.8) is 0 Å². The van der Waals surface area contributed by atoms with Gasteiger partial charge in [-0.1, -0.05) is 70.5 Å². The van der Waals surface area contributed by atoms with Gasteiger partial charge < -0.3 is 14.6 Å². The van der Waals surface area contributed by atoms with Crippen LogP contribution in [-0.2, 0) is 11.2 Å². The third kappa shape index (κ3) is 5.10. The molecule has 0 heterocycles. The Kier molecular flexibility index (Phi) is 7.72. The normalized spacial score (nSPS) is 24.8. The summed E-state index contributed by atoms with van der Waals surface area (Å²) in [6.07, 6.45) is 0.663. The fourth-order valence-corrected chi connectivity index (χ4v) is 4.61. The summed E-state index contributed by atoms with van der Waals surface area (Å²) in [6.45, 7) is 13.7. The average molecular weight is 445 g/mol. The zero-order valence-electron chi connectivity index (χ0n) is 19.7. The van der Waals surface area contributed by atoms with Crippen LogP contribution in [0.1, 0.15) is 64.3 Å². The molecule has 0 bridgehead atoms. The molecule has 3 rings (SSSR count). The van der Waals surface area contributed by atoms with Crippen LogP contribution in [0, 0.1) is 23.7 Å². The second kappa shape index (κ2) is 9.94. The molecule has 4 heteroatoms. The van der Waals surface area contributed by atoms with E-state index in [-0.39, 0.29) is 12.7 Å². The van der Waals surface area contributed by atoms with E-state index in [0.717, 1.165) is 28.3 Å². The molecule has 31 heavy (non-hydrogen) atoms. The van der Waals surface area contributed by atoms with Gasteiger partial charge in [0.25, 0.3) is 0 Å². The van der Waals surface area contributed by atoms with Crippen LogP contribution in [0.15, 0.2) is 42.5 Å². The Morgan fingerprint density at radius 2 is 1.68 bits per heavy atom. The Morgan fingerprint density at radius 3 is 2.19 bits per heavy atom. The number of halogens is 1. The Morgan fingerprint density at radius 1 is 1.03 bits per heavy atom. The first-order valence-electron chi connectivity index (χ1n) is 11.5. The van der Waals surface area contributed by atoms with Crippen molar-refractivity contribution in [3.05, 3.63) is 64.2 Å². The molecule has 4 unspecified atom stereocenters. The second-order valence-corrected chi connectivity index (χ2v) is 9.84. The molecule has 170 valence electrons. The van der Waals surface area contributed by atoms with Gasteiger partial charge in [-0.2, -0.15) is 0 Å². The summed E-state index contributed by atoms with van der Waals surface area (Å²) in [6, 6.07) is 14.4. The molecule has 0 spiro atoms. The van der Waals surface area contributed by atoms with Crippen molar-refractivity contribution in [2.75, 3.05) is 13.2 Å². The van der Waals surface area contributed by atoms with Gasteiger partial charge in [0.2, 0.25) is 0 Å². The van der Waals surface area contributed by atoms with Gasteiger partial charge in [-0.05, 0) is 71.9 Å². The quantitative estimate of drug-likeness (QED) is 0.443. The molecule has 1 fully saturated rings. The molecule has 1 saturated carbocycles. The zero-order chi connectivity index (χ0) is 22.8. The molecule has 1 aliphatic carbocycles. The van der Waals surface area contributed by atoms with E-state index >= 15 is 0 Å². The maximum Gasteiger partial charge on any atom is 0.119 e. The first-order chi connectivity index (χ1) is 14.7. The smallest absolute Gasteiger partial charge is 0.119 e. The highest BCUT2D eigenvalue weighted by Crippen LogP contribution is 2.55. The lowest BCUT2D eigenvalue weighted by Gasteiger charge is -2.32. The molecule has 1 N–H and O–H groups in total.